The van der Waals surface area contributed by atoms with Gasteiger partial charge in [0.05, 0.1) is 11.4 Å². The minimum Gasteiger partial charge on any atom is -0.426 e. The van der Waals surface area contributed by atoms with Gasteiger partial charge >= 0.3 is 12.3 Å². The Balaban J connectivity index is 1.29. The summed E-state index contributed by atoms with van der Waals surface area (Å²) >= 11 is 6.18. The fourth-order valence-corrected chi connectivity index (χ4v) is 4.25. The zero-order chi connectivity index (χ0) is 29.1. The van der Waals surface area contributed by atoms with Crippen LogP contribution in [-0.4, -0.2) is 39.6 Å². The zero-order valence-electron chi connectivity index (χ0n) is 21.6. The monoisotopic (exact) mass is 583 g/mol. The number of alkyl halides is 5. The molecule has 1 heterocycles. The molecule has 0 spiro atoms. The molecule has 0 bridgehead atoms. The van der Waals surface area contributed by atoms with E-state index < -0.39 is 18.0 Å². The van der Waals surface area contributed by atoms with Gasteiger partial charge in [-0.05, 0) is 86.1 Å². The molecule has 4 rings (SSSR count). The minimum absolute atomic E-state index is 0.226. The van der Waals surface area contributed by atoms with Crippen molar-refractivity contribution in [2.45, 2.75) is 45.4 Å². The number of nitrogens with one attached hydrogen (secondary N) is 2. The van der Waals surface area contributed by atoms with Crippen LogP contribution in [0.2, 0.25) is 5.02 Å². The molecule has 1 unspecified atom stereocenters. The first-order chi connectivity index (χ1) is 18.8. The predicted octanol–water partition coefficient (Wildman–Crippen LogP) is 6.00. The summed E-state index contributed by atoms with van der Waals surface area (Å²) in [6, 6.07) is 8.35. The molecule has 1 aliphatic rings. The average molecular weight is 584 g/mol. The summed E-state index contributed by atoms with van der Waals surface area (Å²) in [5, 5.41) is 5.04. The summed E-state index contributed by atoms with van der Waals surface area (Å²) in [5.41, 5.74) is 16.0. The number of hydrazine groups is 1. The van der Waals surface area contributed by atoms with E-state index in [-0.39, 0.29) is 5.96 Å². The highest BCUT2D eigenvalue weighted by molar-refractivity contribution is 6.31. The maximum atomic E-state index is 13.1. The van der Waals surface area contributed by atoms with Crippen molar-refractivity contribution in [1.82, 2.24) is 25.6 Å². The number of aromatic nitrogens is 3. The Labute approximate surface area is 232 Å². The lowest BCUT2D eigenvalue weighted by Crippen LogP contribution is -2.44. The molecule has 214 valence electrons. The van der Waals surface area contributed by atoms with Gasteiger partial charge in [-0.1, -0.05) is 23.7 Å². The molecular formula is C26H27ClF5N7O. The lowest BCUT2D eigenvalue weighted by Gasteiger charge is -2.21. The highest BCUT2D eigenvalue weighted by Crippen LogP contribution is 2.37. The summed E-state index contributed by atoms with van der Waals surface area (Å²) in [4.78, 5) is 8.75. The van der Waals surface area contributed by atoms with Crippen LogP contribution in [0.25, 0.3) is 11.3 Å². The highest BCUT2D eigenvalue weighted by Gasteiger charge is 2.61. The van der Waals surface area contributed by atoms with E-state index in [4.69, 9.17) is 17.3 Å². The molecular weight excluding hydrogens is 557 g/mol. The van der Waals surface area contributed by atoms with Crippen LogP contribution in [0.15, 0.2) is 53.8 Å². The van der Waals surface area contributed by atoms with Crippen LogP contribution in [0, 0.1) is 19.8 Å². The highest BCUT2D eigenvalue weighted by atomic mass is 35.5. The Morgan fingerprint density at radius 1 is 1.15 bits per heavy atom. The molecule has 1 aromatic heterocycles. The topological polar surface area (TPSA) is 102 Å². The molecule has 0 aliphatic heterocycles. The third-order valence-corrected chi connectivity index (χ3v) is 6.79. The summed E-state index contributed by atoms with van der Waals surface area (Å²) in [6.45, 7) is 4.47. The van der Waals surface area contributed by atoms with Gasteiger partial charge in [0.2, 0.25) is 5.96 Å². The van der Waals surface area contributed by atoms with E-state index in [0.717, 1.165) is 53.8 Å². The van der Waals surface area contributed by atoms with E-state index in [1.165, 1.54) is 23.1 Å². The number of ether oxygens (including phenoxy) is 1. The Morgan fingerprint density at radius 2 is 1.88 bits per heavy atom. The van der Waals surface area contributed by atoms with Crippen LogP contribution in [0.5, 0.6) is 5.75 Å². The van der Waals surface area contributed by atoms with Crippen molar-refractivity contribution in [1.29, 1.82) is 0 Å². The fraction of sp³-hybridized carbons (Fsp3) is 0.346. The van der Waals surface area contributed by atoms with Gasteiger partial charge in [0, 0.05) is 11.6 Å². The van der Waals surface area contributed by atoms with Crippen molar-refractivity contribution in [3.05, 3.63) is 70.8 Å². The molecule has 14 heteroatoms. The number of hydrogen-bond acceptors (Lipinski definition) is 5. The number of nitrogens with zero attached hydrogens (tertiary/aromatic N) is 4. The van der Waals surface area contributed by atoms with E-state index in [1.807, 2.05) is 26.0 Å². The van der Waals surface area contributed by atoms with Gasteiger partial charge in [0.1, 0.15) is 12.1 Å². The number of halogens is 6. The lowest BCUT2D eigenvalue weighted by molar-refractivity contribution is -0.360. The SMILES string of the molecule is Cc1ccc(Cl)c(C)c1N=C(N)NNCC1CC=C(c2ncn(-c3ccc(OC(F)(F)C(F)(F)F)cc3)n2)CC1. The van der Waals surface area contributed by atoms with Gasteiger partial charge in [0.15, 0.2) is 5.82 Å². The summed E-state index contributed by atoms with van der Waals surface area (Å²) in [5.74, 6) is 0.447. The predicted molar refractivity (Wildman–Crippen MR) is 142 cm³/mol. The van der Waals surface area contributed by atoms with Crippen molar-refractivity contribution in [3.8, 4) is 11.4 Å². The smallest absolute Gasteiger partial charge is 0.426 e. The number of nitrogens with two attached hydrogens (primary N) is 1. The van der Waals surface area contributed by atoms with E-state index in [2.05, 4.69) is 36.7 Å². The van der Waals surface area contributed by atoms with Crippen molar-refractivity contribution >= 4 is 28.8 Å². The first-order valence-corrected chi connectivity index (χ1v) is 12.7. The molecule has 4 N–H and O–H groups in total. The van der Waals surface area contributed by atoms with E-state index in [1.54, 1.807) is 0 Å². The number of aryl methyl sites for hydroxylation is 1. The second-order valence-corrected chi connectivity index (χ2v) is 9.74. The van der Waals surface area contributed by atoms with Crippen molar-refractivity contribution < 1.29 is 26.7 Å². The van der Waals surface area contributed by atoms with Gasteiger partial charge in [-0.3, -0.25) is 5.43 Å². The summed E-state index contributed by atoms with van der Waals surface area (Å²) in [6.07, 6.45) is -5.22. The maximum absolute atomic E-state index is 13.1. The van der Waals surface area contributed by atoms with Gasteiger partial charge in [0.25, 0.3) is 0 Å². The maximum Gasteiger partial charge on any atom is 0.499 e. The molecule has 40 heavy (non-hydrogen) atoms. The Kier molecular flexibility index (Phi) is 8.64. The fourth-order valence-electron chi connectivity index (χ4n) is 4.10. The van der Waals surface area contributed by atoms with Crippen molar-refractivity contribution in [2.75, 3.05) is 6.54 Å². The minimum atomic E-state index is -5.82. The van der Waals surface area contributed by atoms with Crippen LogP contribution >= 0.6 is 11.6 Å². The van der Waals surface area contributed by atoms with E-state index >= 15 is 0 Å². The molecule has 0 fully saturated rings. The molecule has 1 aliphatic carbocycles. The normalized spacial score (nSPS) is 16.6. The second kappa shape index (κ2) is 11.8. The first kappa shape index (κ1) is 29.3. The van der Waals surface area contributed by atoms with Gasteiger partial charge in [-0.25, -0.2) is 20.1 Å². The molecule has 0 saturated heterocycles. The molecule has 8 nitrogen and oxygen atoms in total. The zero-order valence-corrected chi connectivity index (χ0v) is 22.3. The Hall–Kier alpha value is -3.71. The Morgan fingerprint density at radius 3 is 2.52 bits per heavy atom. The summed E-state index contributed by atoms with van der Waals surface area (Å²) < 4.78 is 68.4. The molecule has 2 aromatic carbocycles. The Bertz CT molecular complexity index is 1400. The van der Waals surface area contributed by atoms with Crippen LogP contribution in [0.1, 0.15) is 36.2 Å². The number of aliphatic imine (C=N–C) groups is 1. The third kappa shape index (κ3) is 6.89. The van der Waals surface area contributed by atoms with Gasteiger partial charge in [-0.15, -0.1) is 5.10 Å². The summed E-state index contributed by atoms with van der Waals surface area (Å²) in [7, 11) is 0. The van der Waals surface area contributed by atoms with E-state index in [0.29, 0.717) is 29.0 Å². The largest absolute Gasteiger partial charge is 0.499 e. The van der Waals surface area contributed by atoms with Crippen LogP contribution in [-0.2, 0) is 0 Å². The number of guanidine groups is 1. The quantitative estimate of drug-likeness (QED) is 0.130. The standard InChI is InChI=1S/C26H27ClF5N7O/c1-15-3-12-21(27)16(2)22(15)36-24(33)37-35-13-17-4-6-18(7-5-17)23-34-14-39(38-23)19-8-10-20(11-9-19)40-26(31,32)25(28,29)30/h3,6,8-12,14,17,35H,4-5,7,13H2,1-2H3,(H3,33,36,37). The van der Waals surface area contributed by atoms with Gasteiger partial charge < -0.3 is 10.5 Å². The van der Waals surface area contributed by atoms with E-state index in [9.17, 15) is 22.0 Å². The van der Waals surface area contributed by atoms with Crippen molar-refractivity contribution in [2.24, 2.45) is 16.6 Å². The second-order valence-electron chi connectivity index (χ2n) is 9.33. The molecule has 0 amide bonds. The van der Waals surface area contributed by atoms with Crippen LogP contribution in [0.3, 0.4) is 0 Å². The molecule has 1 atom stereocenters. The molecule has 0 radical (unpaired) electrons. The molecule has 3 aromatic rings. The average Bonchev–Trinajstić information content (AvgIpc) is 3.39. The number of rotatable bonds is 8. The third-order valence-electron chi connectivity index (χ3n) is 6.38. The van der Waals surface area contributed by atoms with Crippen molar-refractivity contribution in [3.63, 3.8) is 0 Å². The van der Waals surface area contributed by atoms with Crippen LogP contribution in [0.4, 0.5) is 27.6 Å². The first-order valence-electron chi connectivity index (χ1n) is 12.3. The van der Waals surface area contributed by atoms with Gasteiger partial charge in [-0.2, -0.15) is 22.0 Å². The number of allylic oxidation sites excluding steroid dienone is 2. The molecule has 0 saturated carbocycles. The number of benzene rings is 2. The van der Waals surface area contributed by atoms with Crippen LogP contribution < -0.4 is 21.3 Å². The number of hydrogen-bond donors (Lipinski definition) is 3. The lowest BCUT2D eigenvalue weighted by atomic mass is 9.89.